The number of nitrogens with zero attached hydrogens (tertiary/aromatic N) is 1. The Hall–Kier alpha value is -1.38. The van der Waals surface area contributed by atoms with Crippen LogP contribution in [0.2, 0.25) is 0 Å². The van der Waals surface area contributed by atoms with Gasteiger partial charge < -0.3 is 10.0 Å². The fourth-order valence-corrected chi connectivity index (χ4v) is 2.47. The Kier molecular flexibility index (Phi) is 4.94. The molecular formula is C17H23NO. The van der Waals surface area contributed by atoms with E-state index in [1.807, 2.05) is 0 Å². The van der Waals surface area contributed by atoms with Crippen LogP contribution in [-0.2, 0) is 6.42 Å². The number of aliphatic hydroxyl groups is 1. The molecule has 2 heteroatoms. The van der Waals surface area contributed by atoms with Crippen molar-refractivity contribution in [1.82, 2.24) is 4.90 Å². The van der Waals surface area contributed by atoms with Crippen molar-refractivity contribution in [3.05, 3.63) is 48.0 Å². The highest BCUT2D eigenvalue weighted by atomic mass is 16.3. The first kappa shape index (κ1) is 14.0. The molecule has 0 aromatic heterocycles. The quantitative estimate of drug-likeness (QED) is 0.859. The van der Waals surface area contributed by atoms with Crippen LogP contribution in [0, 0.1) is 0 Å². The van der Waals surface area contributed by atoms with E-state index in [9.17, 15) is 5.11 Å². The van der Waals surface area contributed by atoms with Crippen LogP contribution >= 0.6 is 0 Å². The van der Waals surface area contributed by atoms with Crippen molar-refractivity contribution in [3.63, 3.8) is 0 Å². The van der Waals surface area contributed by atoms with Crippen LogP contribution in [0.1, 0.15) is 18.4 Å². The Morgan fingerprint density at radius 3 is 2.58 bits per heavy atom. The summed E-state index contributed by atoms with van der Waals surface area (Å²) < 4.78 is 0. The normalized spacial score (nSPS) is 13.1. The lowest BCUT2D eigenvalue weighted by atomic mass is 9.98. The van der Waals surface area contributed by atoms with Gasteiger partial charge in [-0.1, -0.05) is 42.5 Å². The Balaban J connectivity index is 2.00. The second-order valence-corrected chi connectivity index (χ2v) is 5.44. The number of rotatable bonds is 6. The van der Waals surface area contributed by atoms with Gasteiger partial charge in [0.15, 0.2) is 0 Å². The Bertz CT molecular complexity index is 516. The zero-order chi connectivity index (χ0) is 13.7. The molecule has 0 heterocycles. The van der Waals surface area contributed by atoms with Gasteiger partial charge in [-0.25, -0.2) is 0 Å². The Morgan fingerprint density at radius 2 is 1.79 bits per heavy atom. The molecule has 0 saturated heterocycles. The lowest BCUT2D eigenvalue weighted by molar-refractivity contribution is 0.158. The molecule has 0 amide bonds. The molecule has 0 bridgehead atoms. The van der Waals surface area contributed by atoms with Gasteiger partial charge in [0.05, 0.1) is 6.10 Å². The van der Waals surface area contributed by atoms with E-state index in [0.717, 1.165) is 25.8 Å². The molecule has 2 aromatic rings. The summed E-state index contributed by atoms with van der Waals surface area (Å²) >= 11 is 0. The zero-order valence-corrected chi connectivity index (χ0v) is 11.8. The van der Waals surface area contributed by atoms with Gasteiger partial charge in [0.2, 0.25) is 0 Å². The topological polar surface area (TPSA) is 23.5 Å². The molecule has 0 aliphatic rings. The van der Waals surface area contributed by atoms with E-state index in [2.05, 4.69) is 61.5 Å². The average Bonchev–Trinajstić information content (AvgIpc) is 2.39. The Morgan fingerprint density at radius 1 is 1.05 bits per heavy atom. The molecule has 2 rings (SSSR count). The summed E-state index contributed by atoms with van der Waals surface area (Å²) in [7, 11) is 4.13. The van der Waals surface area contributed by atoms with Crippen molar-refractivity contribution < 1.29 is 5.11 Å². The second kappa shape index (κ2) is 6.69. The van der Waals surface area contributed by atoms with Crippen molar-refractivity contribution in [1.29, 1.82) is 0 Å². The van der Waals surface area contributed by atoms with Crippen LogP contribution in [0.15, 0.2) is 42.5 Å². The summed E-state index contributed by atoms with van der Waals surface area (Å²) in [5.41, 5.74) is 1.25. The molecule has 1 unspecified atom stereocenters. The second-order valence-electron chi connectivity index (χ2n) is 5.44. The number of hydrogen-bond donors (Lipinski definition) is 1. The van der Waals surface area contributed by atoms with Crippen LogP contribution in [-0.4, -0.2) is 36.8 Å². The van der Waals surface area contributed by atoms with Crippen molar-refractivity contribution in [2.45, 2.75) is 25.4 Å². The smallest absolute Gasteiger partial charge is 0.0581 e. The minimum absolute atomic E-state index is 0.245. The molecule has 2 aromatic carbocycles. The first-order valence-corrected chi connectivity index (χ1v) is 6.96. The fourth-order valence-electron chi connectivity index (χ4n) is 2.47. The van der Waals surface area contributed by atoms with Crippen molar-refractivity contribution in [2.24, 2.45) is 0 Å². The standard InChI is InChI=1S/C17H23NO/c1-18(2)12-6-10-16(19)13-15-9-5-8-14-7-3-4-11-17(14)15/h3-5,7-9,11,16,19H,6,10,12-13H2,1-2H3. The highest BCUT2D eigenvalue weighted by Crippen LogP contribution is 2.20. The summed E-state index contributed by atoms with van der Waals surface area (Å²) in [4.78, 5) is 2.16. The van der Waals surface area contributed by atoms with Crippen LogP contribution in [0.5, 0.6) is 0 Å². The highest BCUT2D eigenvalue weighted by molar-refractivity contribution is 5.85. The van der Waals surface area contributed by atoms with Gasteiger partial charge in [-0.05, 0) is 56.2 Å². The van der Waals surface area contributed by atoms with Crippen LogP contribution in [0.25, 0.3) is 10.8 Å². The third kappa shape index (κ3) is 4.05. The summed E-state index contributed by atoms with van der Waals surface area (Å²) in [6, 6.07) is 14.7. The molecular weight excluding hydrogens is 234 g/mol. The number of benzene rings is 2. The molecule has 19 heavy (non-hydrogen) atoms. The van der Waals surface area contributed by atoms with Crippen molar-refractivity contribution in [3.8, 4) is 0 Å². The van der Waals surface area contributed by atoms with Crippen LogP contribution < -0.4 is 0 Å². The van der Waals surface area contributed by atoms with Gasteiger partial charge in [0.25, 0.3) is 0 Å². The van der Waals surface area contributed by atoms with E-state index in [0.29, 0.717) is 0 Å². The largest absolute Gasteiger partial charge is 0.393 e. The van der Waals surface area contributed by atoms with Crippen molar-refractivity contribution in [2.75, 3.05) is 20.6 Å². The first-order valence-electron chi connectivity index (χ1n) is 6.96. The number of hydrogen-bond acceptors (Lipinski definition) is 2. The molecule has 0 radical (unpaired) electrons. The predicted molar refractivity (Wildman–Crippen MR) is 81.4 cm³/mol. The monoisotopic (exact) mass is 257 g/mol. The van der Waals surface area contributed by atoms with E-state index in [4.69, 9.17) is 0 Å². The maximum atomic E-state index is 10.2. The maximum Gasteiger partial charge on any atom is 0.0581 e. The predicted octanol–water partition coefficient (Wildman–Crippen LogP) is 3.09. The van der Waals surface area contributed by atoms with Crippen LogP contribution in [0.3, 0.4) is 0 Å². The number of fused-ring (bicyclic) bond motifs is 1. The minimum atomic E-state index is -0.245. The van der Waals surface area contributed by atoms with E-state index in [1.165, 1.54) is 16.3 Å². The van der Waals surface area contributed by atoms with Gasteiger partial charge in [0, 0.05) is 0 Å². The van der Waals surface area contributed by atoms with E-state index in [-0.39, 0.29) is 6.10 Å². The van der Waals surface area contributed by atoms with Gasteiger partial charge in [0.1, 0.15) is 0 Å². The lowest BCUT2D eigenvalue weighted by Gasteiger charge is -2.14. The first-order chi connectivity index (χ1) is 9.16. The van der Waals surface area contributed by atoms with Gasteiger partial charge in [-0.2, -0.15) is 0 Å². The summed E-state index contributed by atoms with van der Waals surface area (Å²) in [5.74, 6) is 0. The third-order valence-electron chi connectivity index (χ3n) is 3.48. The molecule has 0 fully saturated rings. The third-order valence-corrected chi connectivity index (χ3v) is 3.48. The molecule has 0 aliphatic carbocycles. The zero-order valence-electron chi connectivity index (χ0n) is 11.8. The summed E-state index contributed by atoms with van der Waals surface area (Å²) in [5, 5.41) is 12.7. The molecule has 2 nitrogen and oxygen atoms in total. The maximum absolute atomic E-state index is 10.2. The van der Waals surface area contributed by atoms with Crippen LogP contribution in [0.4, 0.5) is 0 Å². The van der Waals surface area contributed by atoms with Gasteiger partial charge >= 0.3 is 0 Å². The average molecular weight is 257 g/mol. The molecule has 1 N–H and O–H groups in total. The molecule has 0 aliphatic heterocycles. The highest BCUT2D eigenvalue weighted by Gasteiger charge is 2.08. The molecule has 0 spiro atoms. The molecule has 0 saturated carbocycles. The molecule has 1 atom stereocenters. The van der Waals surface area contributed by atoms with E-state index in [1.54, 1.807) is 0 Å². The lowest BCUT2D eigenvalue weighted by Crippen LogP contribution is -2.17. The molecule has 102 valence electrons. The number of aliphatic hydroxyl groups excluding tert-OH is 1. The van der Waals surface area contributed by atoms with Crippen molar-refractivity contribution >= 4 is 10.8 Å². The SMILES string of the molecule is CN(C)CCCC(O)Cc1cccc2ccccc12. The van der Waals surface area contributed by atoms with E-state index < -0.39 is 0 Å². The summed E-state index contributed by atoms with van der Waals surface area (Å²) in [6.07, 6.45) is 2.40. The van der Waals surface area contributed by atoms with Gasteiger partial charge in [-0.15, -0.1) is 0 Å². The fraction of sp³-hybridized carbons (Fsp3) is 0.412. The Labute approximate surface area is 115 Å². The summed E-state index contributed by atoms with van der Waals surface area (Å²) in [6.45, 7) is 1.03. The minimum Gasteiger partial charge on any atom is -0.393 e. The van der Waals surface area contributed by atoms with E-state index >= 15 is 0 Å². The van der Waals surface area contributed by atoms with Gasteiger partial charge in [-0.3, -0.25) is 0 Å².